The number of carbonyl (C=O) groups is 1. The standard InChI is InChI=1S/C34H45NO7S/c1-3-4-5-6-7-9-12-28-15-17-29(18-16-28)23-24-34(26-36,35-33(37)41-25-30-13-10-8-11-14-30)27-42-43(38,39)32-21-19-31(40-2)20-22-32/h8,10-11,13-22,36H,3-7,9,12,23-27H2,1-2H3,(H,35,37)/t34-/m1/s1. The number of alkyl carbamates (subject to hydrolysis) is 1. The van der Waals surface area contributed by atoms with Crippen molar-refractivity contribution in [2.24, 2.45) is 0 Å². The average molecular weight is 612 g/mol. The monoisotopic (exact) mass is 611 g/mol. The Balaban J connectivity index is 1.66. The van der Waals surface area contributed by atoms with Crippen molar-refractivity contribution in [2.45, 2.75) is 81.8 Å². The number of hydrogen-bond donors (Lipinski definition) is 2. The summed E-state index contributed by atoms with van der Waals surface area (Å²) in [5.74, 6) is 0.504. The molecule has 43 heavy (non-hydrogen) atoms. The zero-order valence-electron chi connectivity index (χ0n) is 25.3. The maximum absolute atomic E-state index is 13.0. The van der Waals surface area contributed by atoms with E-state index >= 15 is 0 Å². The van der Waals surface area contributed by atoms with Gasteiger partial charge < -0.3 is 19.9 Å². The van der Waals surface area contributed by atoms with E-state index in [2.05, 4.69) is 24.4 Å². The SMILES string of the molecule is CCCCCCCCc1ccc(CC[C@@](CO)(COS(=O)(=O)c2ccc(OC)cc2)NC(=O)OCc2ccccc2)cc1. The van der Waals surface area contributed by atoms with E-state index in [1.807, 2.05) is 42.5 Å². The van der Waals surface area contributed by atoms with E-state index in [1.54, 1.807) is 0 Å². The van der Waals surface area contributed by atoms with Gasteiger partial charge in [-0.15, -0.1) is 0 Å². The summed E-state index contributed by atoms with van der Waals surface area (Å²) >= 11 is 0. The van der Waals surface area contributed by atoms with Crippen molar-refractivity contribution in [3.05, 3.63) is 95.6 Å². The summed E-state index contributed by atoms with van der Waals surface area (Å²) in [6.07, 6.45) is 8.43. The van der Waals surface area contributed by atoms with E-state index in [1.165, 1.54) is 69.0 Å². The number of nitrogens with one attached hydrogen (secondary N) is 1. The molecule has 0 saturated carbocycles. The molecule has 0 aromatic heterocycles. The maximum Gasteiger partial charge on any atom is 0.408 e. The average Bonchev–Trinajstić information content (AvgIpc) is 3.04. The van der Waals surface area contributed by atoms with Crippen LogP contribution in [0.4, 0.5) is 4.79 Å². The van der Waals surface area contributed by atoms with Crippen LogP contribution in [-0.2, 0) is 38.5 Å². The van der Waals surface area contributed by atoms with Crippen LogP contribution < -0.4 is 10.1 Å². The Bertz CT molecular complexity index is 1330. The van der Waals surface area contributed by atoms with Gasteiger partial charge in [0.25, 0.3) is 10.1 Å². The minimum Gasteiger partial charge on any atom is -0.497 e. The van der Waals surface area contributed by atoms with Crippen LogP contribution in [0.3, 0.4) is 0 Å². The Morgan fingerprint density at radius 3 is 2.07 bits per heavy atom. The van der Waals surface area contributed by atoms with E-state index in [0.717, 1.165) is 24.0 Å². The van der Waals surface area contributed by atoms with Gasteiger partial charge in [-0.25, -0.2) is 4.79 Å². The van der Waals surface area contributed by atoms with E-state index in [4.69, 9.17) is 13.7 Å². The number of benzene rings is 3. The number of aryl methyl sites for hydroxylation is 2. The van der Waals surface area contributed by atoms with Gasteiger partial charge in [0.15, 0.2) is 0 Å². The number of rotatable bonds is 19. The lowest BCUT2D eigenvalue weighted by Gasteiger charge is -2.32. The van der Waals surface area contributed by atoms with E-state index in [-0.39, 0.29) is 17.9 Å². The number of methoxy groups -OCH3 is 1. The fraction of sp³-hybridized carbons (Fsp3) is 0.441. The second kappa shape index (κ2) is 17.7. The summed E-state index contributed by atoms with van der Waals surface area (Å²) in [4.78, 5) is 12.8. The summed E-state index contributed by atoms with van der Waals surface area (Å²) < 4.78 is 41.8. The smallest absolute Gasteiger partial charge is 0.408 e. The van der Waals surface area contributed by atoms with Gasteiger partial charge >= 0.3 is 6.09 Å². The molecule has 0 heterocycles. The minimum atomic E-state index is -4.18. The van der Waals surface area contributed by atoms with Crippen LogP contribution in [0.15, 0.2) is 83.8 Å². The third-order valence-corrected chi connectivity index (χ3v) is 8.73. The molecule has 1 atom stereocenters. The quantitative estimate of drug-likeness (QED) is 0.116. The molecule has 0 fully saturated rings. The number of unbranched alkanes of at least 4 members (excludes halogenated alkanes) is 5. The first-order valence-corrected chi connectivity index (χ1v) is 16.4. The Hall–Kier alpha value is -3.40. The highest BCUT2D eigenvalue weighted by molar-refractivity contribution is 7.86. The molecule has 0 bridgehead atoms. The predicted octanol–water partition coefficient (Wildman–Crippen LogP) is 6.59. The van der Waals surface area contributed by atoms with E-state index in [0.29, 0.717) is 12.2 Å². The Morgan fingerprint density at radius 1 is 0.814 bits per heavy atom. The topological polar surface area (TPSA) is 111 Å². The molecule has 0 aliphatic rings. The molecular weight excluding hydrogens is 566 g/mol. The summed E-state index contributed by atoms with van der Waals surface area (Å²) in [5.41, 5.74) is 1.66. The summed E-state index contributed by atoms with van der Waals surface area (Å²) in [5, 5.41) is 13.2. The lowest BCUT2D eigenvalue weighted by Crippen LogP contribution is -2.55. The van der Waals surface area contributed by atoms with Gasteiger partial charge in [-0.2, -0.15) is 8.42 Å². The number of hydrogen-bond acceptors (Lipinski definition) is 7. The zero-order chi connectivity index (χ0) is 31.0. The third kappa shape index (κ3) is 11.7. The molecule has 0 radical (unpaired) electrons. The fourth-order valence-electron chi connectivity index (χ4n) is 4.68. The van der Waals surface area contributed by atoms with Crippen molar-refractivity contribution in [3.8, 4) is 5.75 Å². The minimum absolute atomic E-state index is 0.0270. The summed E-state index contributed by atoms with van der Waals surface area (Å²) in [7, 11) is -2.70. The molecule has 1 amide bonds. The second-order valence-corrected chi connectivity index (χ2v) is 12.5. The first kappa shape index (κ1) is 34.1. The normalized spacial score (nSPS) is 12.8. The molecule has 0 aliphatic heterocycles. The van der Waals surface area contributed by atoms with Gasteiger partial charge in [0.05, 0.1) is 30.8 Å². The van der Waals surface area contributed by atoms with Gasteiger partial charge in [-0.3, -0.25) is 4.18 Å². The van der Waals surface area contributed by atoms with Crippen LogP contribution in [0, 0.1) is 0 Å². The molecule has 3 aromatic rings. The van der Waals surface area contributed by atoms with Crippen LogP contribution >= 0.6 is 0 Å². The molecular formula is C34H45NO7S. The second-order valence-electron chi connectivity index (χ2n) is 10.9. The van der Waals surface area contributed by atoms with Crippen LogP contribution in [0.5, 0.6) is 5.75 Å². The maximum atomic E-state index is 13.0. The highest BCUT2D eigenvalue weighted by Crippen LogP contribution is 2.22. The molecule has 2 N–H and O–H groups in total. The largest absolute Gasteiger partial charge is 0.497 e. The molecule has 3 rings (SSSR count). The zero-order valence-corrected chi connectivity index (χ0v) is 26.1. The summed E-state index contributed by atoms with van der Waals surface area (Å²) in [6.45, 7) is 1.22. The van der Waals surface area contributed by atoms with E-state index in [9.17, 15) is 18.3 Å². The number of aliphatic hydroxyl groups is 1. The predicted molar refractivity (Wildman–Crippen MR) is 168 cm³/mol. The van der Waals surface area contributed by atoms with Crippen molar-refractivity contribution < 1.29 is 32.0 Å². The fourth-order valence-corrected chi connectivity index (χ4v) is 5.66. The third-order valence-electron chi connectivity index (χ3n) is 7.46. The molecule has 234 valence electrons. The van der Waals surface area contributed by atoms with Gasteiger partial charge in [0, 0.05) is 0 Å². The van der Waals surface area contributed by atoms with E-state index < -0.39 is 35.0 Å². The molecule has 3 aromatic carbocycles. The highest BCUT2D eigenvalue weighted by Gasteiger charge is 2.35. The Labute approximate surface area is 256 Å². The molecule has 0 spiro atoms. The van der Waals surface area contributed by atoms with Gasteiger partial charge in [0.2, 0.25) is 0 Å². The first-order chi connectivity index (χ1) is 20.8. The molecule has 0 unspecified atom stereocenters. The Kier molecular flexibility index (Phi) is 14.0. The van der Waals surface area contributed by atoms with Crippen LogP contribution in [0.25, 0.3) is 0 Å². The number of ether oxygens (including phenoxy) is 2. The van der Waals surface area contributed by atoms with Gasteiger partial charge in [0.1, 0.15) is 12.4 Å². The van der Waals surface area contributed by atoms with Crippen LogP contribution in [-0.4, -0.2) is 45.5 Å². The van der Waals surface area contributed by atoms with Crippen molar-refractivity contribution in [1.29, 1.82) is 0 Å². The summed E-state index contributed by atoms with van der Waals surface area (Å²) in [6, 6.07) is 23.3. The number of carbonyl (C=O) groups excluding carboxylic acids is 1. The first-order valence-electron chi connectivity index (χ1n) is 15.0. The lowest BCUT2D eigenvalue weighted by molar-refractivity contribution is 0.0765. The van der Waals surface area contributed by atoms with Crippen molar-refractivity contribution in [3.63, 3.8) is 0 Å². The highest BCUT2D eigenvalue weighted by atomic mass is 32.2. The lowest BCUT2D eigenvalue weighted by atomic mass is 9.92. The Morgan fingerprint density at radius 2 is 1.44 bits per heavy atom. The molecule has 0 aliphatic carbocycles. The van der Waals surface area contributed by atoms with Gasteiger partial charge in [-0.05, 0) is 66.6 Å². The molecule has 8 nitrogen and oxygen atoms in total. The number of aliphatic hydroxyl groups excluding tert-OH is 1. The van der Waals surface area contributed by atoms with Gasteiger partial charge in [-0.1, -0.05) is 93.6 Å². The van der Waals surface area contributed by atoms with Crippen molar-refractivity contribution >= 4 is 16.2 Å². The van der Waals surface area contributed by atoms with Crippen molar-refractivity contribution in [2.75, 3.05) is 20.3 Å². The number of amides is 1. The molecule has 0 saturated heterocycles. The van der Waals surface area contributed by atoms with Crippen molar-refractivity contribution in [1.82, 2.24) is 5.32 Å². The van der Waals surface area contributed by atoms with Crippen LogP contribution in [0.1, 0.15) is 68.6 Å². The van der Waals surface area contributed by atoms with Crippen LogP contribution in [0.2, 0.25) is 0 Å². The molecule has 9 heteroatoms.